The Hall–Kier alpha value is -4.53. The Balaban J connectivity index is 1.50. The van der Waals surface area contributed by atoms with Crippen molar-refractivity contribution < 1.29 is 9.53 Å². The molecule has 0 amide bonds. The van der Waals surface area contributed by atoms with Crippen molar-refractivity contribution in [1.82, 2.24) is 0 Å². The lowest BCUT2D eigenvalue weighted by Gasteiger charge is -2.45. The minimum Gasteiger partial charge on any atom is -0.365 e. The van der Waals surface area contributed by atoms with Crippen molar-refractivity contribution in [2.24, 2.45) is 11.8 Å². The predicted octanol–water partition coefficient (Wildman–Crippen LogP) is 8.13. The Morgan fingerprint density at radius 3 is 1.17 bits per heavy atom. The number of benzene rings is 5. The molecule has 2 nitrogen and oxygen atoms in total. The zero-order valence-corrected chi connectivity index (χ0v) is 22.5. The average Bonchev–Trinajstić information content (AvgIpc) is 3.75. The molecule has 2 aliphatic carbocycles. The Kier molecular flexibility index (Phi) is 4.67. The van der Waals surface area contributed by atoms with Gasteiger partial charge in [0.25, 0.3) is 0 Å². The van der Waals surface area contributed by atoms with Crippen LogP contribution in [0.15, 0.2) is 146 Å². The van der Waals surface area contributed by atoms with Gasteiger partial charge in [0.05, 0.1) is 23.0 Å². The lowest BCUT2D eigenvalue weighted by molar-refractivity contribution is -0.125. The molecule has 4 bridgehead atoms. The number of Topliss-reactive ketones (excluding diaryl/α,β-unsaturated/α-hetero) is 1. The highest BCUT2D eigenvalue weighted by Crippen LogP contribution is 2.81. The fourth-order valence-electron chi connectivity index (χ4n) is 9.12. The van der Waals surface area contributed by atoms with Crippen molar-refractivity contribution in [3.05, 3.63) is 179 Å². The first-order chi connectivity index (χ1) is 20.3. The molecule has 2 fully saturated rings. The molecule has 0 radical (unpaired) electrons. The summed E-state index contributed by atoms with van der Waals surface area (Å²) in [6, 6.07) is 51.0. The van der Waals surface area contributed by atoms with Gasteiger partial charge < -0.3 is 4.74 Å². The third kappa shape index (κ3) is 2.65. The second-order valence-electron chi connectivity index (χ2n) is 11.8. The fourth-order valence-corrected chi connectivity index (χ4v) is 9.12. The molecule has 41 heavy (non-hydrogen) atoms. The van der Waals surface area contributed by atoms with Gasteiger partial charge >= 0.3 is 0 Å². The first-order valence-corrected chi connectivity index (χ1v) is 14.6. The van der Waals surface area contributed by atoms with Crippen LogP contribution in [0, 0.1) is 11.8 Å². The maximum atomic E-state index is 16.0. The van der Waals surface area contributed by atoms with Crippen molar-refractivity contribution >= 4 is 16.9 Å². The zero-order valence-electron chi connectivity index (χ0n) is 22.5. The molecule has 196 valence electrons. The van der Waals surface area contributed by atoms with Crippen molar-refractivity contribution in [3.8, 4) is 0 Å². The van der Waals surface area contributed by atoms with Crippen molar-refractivity contribution in [2.45, 2.75) is 23.0 Å². The van der Waals surface area contributed by atoms with E-state index in [0.717, 1.165) is 33.4 Å². The van der Waals surface area contributed by atoms with Gasteiger partial charge in [0.2, 0.25) is 0 Å². The Morgan fingerprint density at radius 1 is 0.439 bits per heavy atom. The second-order valence-corrected chi connectivity index (χ2v) is 11.8. The summed E-state index contributed by atoms with van der Waals surface area (Å²) in [5, 5.41) is 0. The number of allylic oxidation sites excluding steroid dienone is 2. The number of carbonyl (C=O) groups is 1. The van der Waals surface area contributed by atoms with Crippen molar-refractivity contribution in [3.63, 3.8) is 0 Å². The predicted molar refractivity (Wildman–Crippen MR) is 161 cm³/mol. The highest BCUT2D eigenvalue weighted by Gasteiger charge is 2.82. The van der Waals surface area contributed by atoms with E-state index in [-0.39, 0.29) is 24.0 Å². The minimum absolute atomic E-state index is 0.0276. The maximum absolute atomic E-state index is 16.0. The van der Waals surface area contributed by atoms with E-state index in [2.05, 4.69) is 133 Å². The minimum atomic E-state index is -0.860. The number of rotatable bonds is 4. The van der Waals surface area contributed by atoms with Gasteiger partial charge in [0.15, 0.2) is 5.78 Å². The van der Waals surface area contributed by atoms with E-state index in [0.29, 0.717) is 5.78 Å². The molecule has 6 unspecified atom stereocenters. The number of hydrogen-bond donors (Lipinski definition) is 0. The van der Waals surface area contributed by atoms with Gasteiger partial charge in [-0.05, 0) is 44.5 Å². The Labute approximate surface area is 240 Å². The summed E-state index contributed by atoms with van der Waals surface area (Å²) in [6.07, 6.45) is -0.293. The van der Waals surface area contributed by atoms with Crippen LogP contribution in [0.4, 0.5) is 0 Å². The Morgan fingerprint density at radius 2 is 0.780 bits per heavy atom. The van der Waals surface area contributed by atoms with Crippen molar-refractivity contribution in [1.29, 1.82) is 0 Å². The molecule has 6 atom stereocenters. The lowest BCUT2D eigenvalue weighted by Crippen LogP contribution is -2.42. The molecule has 0 spiro atoms. The molecule has 0 N–H and O–H groups in total. The normalized spacial score (nSPS) is 30.5. The van der Waals surface area contributed by atoms with E-state index >= 15 is 4.79 Å². The fraction of sp³-hybridized carbons (Fsp3) is 0.154. The van der Waals surface area contributed by atoms with Gasteiger partial charge in [0.1, 0.15) is 0 Å². The van der Waals surface area contributed by atoms with Gasteiger partial charge in [-0.1, -0.05) is 146 Å². The SMILES string of the molecule is O=C1C2(c3ccccc3)C(c3ccccc3)=C(c3ccccc3)C1(c1ccccc1)C1C3OC(c4ccccc43)C12. The smallest absolute Gasteiger partial charge is 0.163 e. The first-order valence-electron chi connectivity index (χ1n) is 14.6. The van der Waals surface area contributed by atoms with Gasteiger partial charge in [0, 0.05) is 11.8 Å². The van der Waals surface area contributed by atoms with E-state index in [9.17, 15) is 0 Å². The largest absolute Gasteiger partial charge is 0.365 e. The molecular weight excluding hydrogens is 500 g/mol. The zero-order chi connectivity index (χ0) is 27.2. The highest BCUT2D eigenvalue weighted by atomic mass is 16.5. The van der Waals surface area contributed by atoms with Crippen LogP contribution in [0.1, 0.15) is 45.6 Å². The van der Waals surface area contributed by atoms with Gasteiger partial charge in [-0.15, -0.1) is 0 Å². The summed E-state index contributed by atoms with van der Waals surface area (Å²) >= 11 is 0. The molecule has 4 aliphatic rings. The van der Waals surface area contributed by atoms with E-state index in [4.69, 9.17) is 4.74 Å². The van der Waals surface area contributed by atoms with Gasteiger partial charge in [-0.25, -0.2) is 0 Å². The summed E-state index contributed by atoms with van der Waals surface area (Å²) in [7, 11) is 0. The molecule has 2 heterocycles. The van der Waals surface area contributed by atoms with E-state index in [1.807, 2.05) is 12.1 Å². The van der Waals surface area contributed by atoms with Crippen LogP contribution in [-0.4, -0.2) is 5.78 Å². The summed E-state index contributed by atoms with van der Waals surface area (Å²) in [6.45, 7) is 0. The molecule has 2 heteroatoms. The third-order valence-corrected chi connectivity index (χ3v) is 10.3. The highest BCUT2D eigenvalue weighted by molar-refractivity contribution is 6.30. The summed E-state index contributed by atoms with van der Waals surface area (Å²) in [4.78, 5) is 16.0. The molecular formula is C39H28O2. The van der Waals surface area contributed by atoms with E-state index in [1.54, 1.807) is 0 Å². The summed E-state index contributed by atoms with van der Waals surface area (Å²) < 4.78 is 7.02. The topological polar surface area (TPSA) is 26.3 Å². The monoisotopic (exact) mass is 528 g/mol. The quantitative estimate of drug-likeness (QED) is 0.235. The number of ether oxygens (including phenoxy) is 1. The third-order valence-electron chi connectivity index (χ3n) is 10.3. The van der Waals surface area contributed by atoms with E-state index in [1.165, 1.54) is 11.1 Å². The molecule has 1 saturated heterocycles. The standard InChI is InChI=1S/C39H28O2/c40-37-38(27-19-9-3-10-20-27)31(25-15-5-1-6-16-25)32(26-17-7-2-8-18-26)39(37,28-21-11-4-12-22-28)34-33(38)35-29-23-13-14-24-30(29)36(34)41-35/h1-24,33-36H. The Bertz CT molecular complexity index is 1710. The molecule has 2 aliphatic heterocycles. The number of ketones is 1. The van der Waals surface area contributed by atoms with Crippen LogP contribution in [0.3, 0.4) is 0 Å². The number of fused-ring (bicyclic) bond motifs is 12. The van der Waals surface area contributed by atoms with Gasteiger partial charge in [-0.3, -0.25) is 4.79 Å². The van der Waals surface area contributed by atoms with E-state index < -0.39 is 10.8 Å². The van der Waals surface area contributed by atoms with Crippen LogP contribution >= 0.6 is 0 Å². The molecule has 5 aromatic rings. The molecule has 9 rings (SSSR count). The van der Waals surface area contributed by atoms with Crippen LogP contribution < -0.4 is 0 Å². The second kappa shape index (κ2) is 8.25. The molecule has 5 aromatic carbocycles. The van der Waals surface area contributed by atoms with Crippen LogP contribution in [0.2, 0.25) is 0 Å². The number of hydrogen-bond acceptors (Lipinski definition) is 2. The lowest BCUT2D eigenvalue weighted by atomic mass is 9.54. The van der Waals surface area contributed by atoms with Crippen LogP contribution in [0.25, 0.3) is 11.1 Å². The number of carbonyl (C=O) groups excluding carboxylic acids is 1. The maximum Gasteiger partial charge on any atom is 0.163 e. The first kappa shape index (κ1) is 23.2. The van der Waals surface area contributed by atoms with Gasteiger partial charge in [-0.2, -0.15) is 0 Å². The molecule has 0 aromatic heterocycles. The van der Waals surface area contributed by atoms with Crippen LogP contribution in [-0.2, 0) is 20.4 Å². The van der Waals surface area contributed by atoms with Crippen molar-refractivity contribution in [2.75, 3.05) is 0 Å². The average molecular weight is 529 g/mol. The summed E-state index contributed by atoms with van der Waals surface area (Å²) in [5.74, 6) is 0.238. The summed E-state index contributed by atoms with van der Waals surface area (Å²) in [5.41, 5.74) is 7.39. The van der Waals surface area contributed by atoms with Crippen LogP contribution in [0.5, 0.6) is 0 Å². The molecule has 1 saturated carbocycles.